The van der Waals surface area contributed by atoms with Crippen molar-refractivity contribution in [2.24, 2.45) is 0 Å². The molecule has 0 aliphatic carbocycles. The molecular formula is C13H15N3O2S. The van der Waals surface area contributed by atoms with Gasteiger partial charge < -0.3 is 14.6 Å². The standard InChI is InChI=1S/C13H15N3O2S/c1-2-4-10(5-3-1)14-8-12-15-13(16-18-12)11-9-19-7-6-17-11/h1-5,11,14H,6-9H2. The number of nitrogens with zero attached hydrogens (tertiary/aromatic N) is 2. The molecule has 1 aromatic heterocycles. The number of nitrogens with one attached hydrogen (secondary N) is 1. The van der Waals surface area contributed by atoms with E-state index in [0.717, 1.165) is 23.8 Å². The second-order valence-corrected chi connectivity index (χ2v) is 5.35. The zero-order valence-electron chi connectivity index (χ0n) is 10.4. The van der Waals surface area contributed by atoms with E-state index >= 15 is 0 Å². The normalized spacial score (nSPS) is 19.3. The average Bonchev–Trinajstić information content (AvgIpc) is 2.96. The van der Waals surface area contributed by atoms with Gasteiger partial charge in [0.1, 0.15) is 6.10 Å². The molecule has 2 aromatic rings. The van der Waals surface area contributed by atoms with Gasteiger partial charge in [-0.05, 0) is 12.1 Å². The highest BCUT2D eigenvalue weighted by Gasteiger charge is 2.21. The fourth-order valence-electron chi connectivity index (χ4n) is 1.84. The number of hydrogen-bond acceptors (Lipinski definition) is 6. The molecule has 1 aromatic carbocycles. The van der Waals surface area contributed by atoms with Crippen molar-refractivity contribution in [1.82, 2.24) is 10.1 Å². The van der Waals surface area contributed by atoms with Crippen molar-refractivity contribution in [3.63, 3.8) is 0 Å². The summed E-state index contributed by atoms with van der Waals surface area (Å²) in [6, 6.07) is 9.94. The highest BCUT2D eigenvalue weighted by molar-refractivity contribution is 7.99. The van der Waals surface area contributed by atoms with Crippen LogP contribution >= 0.6 is 11.8 Å². The molecule has 0 radical (unpaired) electrons. The summed E-state index contributed by atoms with van der Waals surface area (Å²) in [5.74, 6) is 3.16. The minimum absolute atomic E-state index is 0.0343. The molecule has 6 heteroatoms. The summed E-state index contributed by atoms with van der Waals surface area (Å²) >= 11 is 1.86. The lowest BCUT2D eigenvalue weighted by Gasteiger charge is -2.18. The predicted octanol–water partition coefficient (Wildman–Crippen LogP) is 2.49. The second kappa shape index (κ2) is 6.08. The highest BCUT2D eigenvalue weighted by Crippen LogP contribution is 2.24. The monoisotopic (exact) mass is 277 g/mol. The Balaban J connectivity index is 1.58. The van der Waals surface area contributed by atoms with Crippen molar-refractivity contribution in [1.29, 1.82) is 0 Å². The first-order valence-corrected chi connectivity index (χ1v) is 7.38. The Morgan fingerprint density at radius 1 is 1.32 bits per heavy atom. The van der Waals surface area contributed by atoms with Gasteiger partial charge in [-0.3, -0.25) is 0 Å². The minimum atomic E-state index is -0.0343. The fraction of sp³-hybridized carbons (Fsp3) is 0.385. The van der Waals surface area contributed by atoms with Crippen LogP contribution in [-0.2, 0) is 11.3 Å². The third-order valence-electron chi connectivity index (χ3n) is 2.81. The Labute approximate surface area is 115 Å². The SMILES string of the molecule is c1ccc(NCc2nc(C3CSCCO3)no2)cc1. The quantitative estimate of drug-likeness (QED) is 0.926. The van der Waals surface area contributed by atoms with Crippen LogP contribution in [0.3, 0.4) is 0 Å². The fourth-order valence-corrected chi connectivity index (χ4v) is 2.68. The van der Waals surface area contributed by atoms with Crippen molar-refractivity contribution in [3.8, 4) is 0 Å². The van der Waals surface area contributed by atoms with E-state index in [-0.39, 0.29) is 6.10 Å². The summed E-state index contributed by atoms with van der Waals surface area (Å²) in [5.41, 5.74) is 1.03. The summed E-state index contributed by atoms with van der Waals surface area (Å²) < 4.78 is 10.8. The Bertz CT molecular complexity index is 512. The van der Waals surface area contributed by atoms with Crippen LogP contribution < -0.4 is 5.32 Å². The molecule has 1 N–H and O–H groups in total. The molecular weight excluding hydrogens is 262 g/mol. The van der Waals surface area contributed by atoms with Gasteiger partial charge in [0, 0.05) is 17.2 Å². The number of aromatic nitrogens is 2. The number of hydrogen-bond donors (Lipinski definition) is 1. The summed E-state index contributed by atoms with van der Waals surface area (Å²) in [5, 5.41) is 7.22. The lowest BCUT2D eigenvalue weighted by Crippen LogP contribution is -2.16. The Hall–Kier alpha value is -1.53. The number of thioether (sulfide) groups is 1. The molecule has 5 nitrogen and oxygen atoms in total. The van der Waals surface area contributed by atoms with Crippen LogP contribution in [-0.4, -0.2) is 28.3 Å². The van der Waals surface area contributed by atoms with Gasteiger partial charge >= 0.3 is 0 Å². The van der Waals surface area contributed by atoms with Gasteiger partial charge in [-0.15, -0.1) is 0 Å². The Morgan fingerprint density at radius 3 is 3.00 bits per heavy atom. The largest absolute Gasteiger partial charge is 0.376 e. The molecule has 100 valence electrons. The zero-order valence-corrected chi connectivity index (χ0v) is 11.2. The molecule has 3 rings (SSSR count). The van der Waals surface area contributed by atoms with Crippen molar-refractivity contribution in [2.75, 3.05) is 23.4 Å². The molecule has 0 saturated carbocycles. The van der Waals surface area contributed by atoms with E-state index in [1.54, 1.807) is 0 Å². The predicted molar refractivity (Wildman–Crippen MR) is 74.1 cm³/mol. The van der Waals surface area contributed by atoms with E-state index < -0.39 is 0 Å². The maximum atomic E-state index is 5.61. The van der Waals surface area contributed by atoms with Crippen LogP contribution in [0.5, 0.6) is 0 Å². The molecule has 1 atom stereocenters. The maximum Gasteiger partial charge on any atom is 0.246 e. The van der Waals surface area contributed by atoms with Gasteiger partial charge in [-0.2, -0.15) is 16.7 Å². The topological polar surface area (TPSA) is 60.2 Å². The van der Waals surface area contributed by atoms with Crippen LogP contribution in [0.15, 0.2) is 34.9 Å². The van der Waals surface area contributed by atoms with Crippen LogP contribution in [0.4, 0.5) is 5.69 Å². The third-order valence-corrected chi connectivity index (χ3v) is 3.80. The highest BCUT2D eigenvalue weighted by atomic mass is 32.2. The van der Waals surface area contributed by atoms with Gasteiger partial charge in [0.2, 0.25) is 11.7 Å². The second-order valence-electron chi connectivity index (χ2n) is 4.20. The molecule has 1 unspecified atom stereocenters. The first-order chi connectivity index (χ1) is 9.42. The smallest absolute Gasteiger partial charge is 0.246 e. The van der Waals surface area contributed by atoms with Crippen molar-refractivity contribution in [2.45, 2.75) is 12.6 Å². The zero-order chi connectivity index (χ0) is 12.9. The molecule has 1 aliphatic rings. The molecule has 1 saturated heterocycles. The van der Waals surface area contributed by atoms with Crippen LogP contribution in [0.2, 0.25) is 0 Å². The average molecular weight is 277 g/mol. The van der Waals surface area contributed by atoms with Gasteiger partial charge in [0.05, 0.1) is 13.2 Å². The van der Waals surface area contributed by atoms with E-state index in [9.17, 15) is 0 Å². The van der Waals surface area contributed by atoms with E-state index in [2.05, 4.69) is 15.5 Å². The minimum Gasteiger partial charge on any atom is -0.376 e. The van der Waals surface area contributed by atoms with Gasteiger partial charge in [-0.25, -0.2) is 0 Å². The summed E-state index contributed by atoms with van der Waals surface area (Å²) in [6.07, 6.45) is -0.0343. The third kappa shape index (κ3) is 3.27. The lowest BCUT2D eigenvalue weighted by molar-refractivity contribution is 0.0677. The molecule has 19 heavy (non-hydrogen) atoms. The van der Waals surface area contributed by atoms with E-state index in [0.29, 0.717) is 18.3 Å². The molecule has 2 heterocycles. The van der Waals surface area contributed by atoms with Gasteiger partial charge in [0.15, 0.2) is 0 Å². The maximum absolute atomic E-state index is 5.61. The molecule has 0 spiro atoms. The van der Waals surface area contributed by atoms with E-state index in [1.807, 2.05) is 42.1 Å². The van der Waals surface area contributed by atoms with Crippen molar-refractivity contribution in [3.05, 3.63) is 42.0 Å². The first-order valence-electron chi connectivity index (χ1n) is 6.22. The van der Waals surface area contributed by atoms with Crippen molar-refractivity contribution < 1.29 is 9.26 Å². The van der Waals surface area contributed by atoms with E-state index in [1.165, 1.54) is 0 Å². The van der Waals surface area contributed by atoms with E-state index in [4.69, 9.17) is 9.26 Å². The van der Waals surface area contributed by atoms with Crippen LogP contribution in [0.1, 0.15) is 17.8 Å². The number of para-hydroxylation sites is 1. The number of ether oxygens (including phenoxy) is 1. The van der Waals surface area contributed by atoms with Gasteiger partial charge in [0.25, 0.3) is 0 Å². The Kier molecular flexibility index (Phi) is 4.00. The molecule has 1 aliphatic heterocycles. The lowest BCUT2D eigenvalue weighted by atomic mass is 10.3. The van der Waals surface area contributed by atoms with Crippen LogP contribution in [0, 0.1) is 0 Å². The first kappa shape index (κ1) is 12.5. The molecule has 1 fully saturated rings. The molecule has 0 bridgehead atoms. The summed E-state index contributed by atoms with van der Waals surface area (Å²) in [6.45, 7) is 1.28. The number of rotatable bonds is 4. The summed E-state index contributed by atoms with van der Waals surface area (Å²) in [7, 11) is 0. The Morgan fingerprint density at radius 2 is 2.21 bits per heavy atom. The van der Waals surface area contributed by atoms with Crippen LogP contribution in [0.25, 0.3) is 0 Å². The van der Waals surface area contributed by atoms with Crippen molar-refractivity contribution >= 4 is 17.4 Å². The van der Waals surface area contributed by atoms with Gasteiger partial charge in [-0.1, -0.05) is 23.4 Å². The number of benzene rings is 1. The summed E-state index contributed by atoms with van der Waals surface area (Å²) in [4.78, 5) is 4.37. The number of anilines is 1. The molecule has 0 amide bonds.